The van der Waals surface area contributed by atoms with Gasteiger partial charge in [0.1, 0.15) is 5.82 Å². The molecular formula is C28H28F3N. The van der Waals surface area contributed by atoms with Gasteiger partial charge in [-0.1, -0.05) is 74.5 Å². The van der Waals surface area contributed by atoms with Crippen molar-refractivity contribution < 1.29 is 13.2 Å². The third-order valence-corrected chi connectivity index (χ3v) is 6.41. The van der Waals surface area contributed by atoms with E-state index in [2.05, 4.69) is 55.1 Å². The van der Waals surface area contributed by atoms with Crippen LogP contribution in [-0.2, 0) is 5.41 Å². The topological polar surface area (TPSA) is 3.24 Å². The molecule has 0 atom stereocenters. The molecule has 0 aromatic heterocycles. The molecule has 32 heavy (non-hydrogen) atoms. The predicted molar refractivity (Wildman–Crippen MR) is 125 cm³/mol. The highest BCUT2D eigenvalue weighted by molar-refractivity contribution is 5.68. The van der Waals surface area contributed by atoms with Crippen molar-refractivity contribution in [2.45, 2.75) is 32.6 Å². The second-order valence-electron chi connectivity index (χ2n) is 9.20. The van der Waals surface area contributed by atoms with Crippen LogP contribution in [0, 0.1) is 24.4 Å². The van der Waals surface area contributed by atoms with Crippen molar-refractivity contribution in [2.24, 2.45) is 0 Å². The zero-order valence-corrected chi connectivity index (χ0v) is 18.8. The lowest BCUT2D eigenvalue weighted by atomic mass is 9.83. The second kappa shape index (κ2) is 8.95. The summed E-state index contributed by atoms with van der Waals surface area (Å²) in [6, 6.07) is 20.0. The van der Waals surface area contributed by atoms with Gasteiger partial charge in [0.15, 0.2) is 11.6 Å². The highest BCUT2D eigenvalue weighted by Gasteiger charge is 2.26. The van der Waals surface area contributed by atoms with Gasteiger partial charge in [0, 0.05) is 36.2 Å². The van der Waals surface area contributed by atoms with Crippen molar-refractivity contribution >= 4 is 5.57 Å². The molecule has 1 aliphatic heterocycles. The van der Waals surface area contributed by atoms with Gasteiger partial charge in [0.05, 0.1) is 0 Å². The standard InChI is InChI=1S/C28H28F3N/c1-19-26(30)24(17-25(29)27(19)31)22-13-15-32(16-14-22)18-28(2,3)23-11-9-21(10-12-23)20-7-5-4-6-8-20/h4-13,17H,14-16,18H2,1-3H3. The molecule has 4 heteroatoms. The average molecular weight is 436 g/mol. The lowest BCUT2D eigenvalue weighted by Crippen LogP contribution is -2.39. The SMILES string of the molecule is Cc1c(F)c(F)cc(C2=CCN(CC(C)(C)c3ccc(-c4ccccc4)cc3)CC2)c1F. The zero-order valence-electron chi connectivity index (χ0n) is 18.8. The molecule has 3 aromatic rings. The highest BCUT2D eigenvalue weighted by Crippen LogP contribution is 2.32. The van der Waals surface area contributed by atoms with Gasteiger partial charge in [-0.25, -0.2) is 13.2 Å². The Morgan fingerprint density at radius 1 is 0.875 bits per heavy atom. The zero-order chi connectivity index (χ0) is 22.9. The van der Waals surface area contributed by atoms with Crippen LogP contribution in [0.2, 0.25) is 0 Å². The molecule has 1 aliphatic rings. The van der Waals surface area contributed by atoms with Gasteiger partial charge in [0.25, 0.3) is 0 Å². The Kier molecular flexibility index (Phi) is 6.25. The second-order valence-corrected chi connectivity index (χ2v) is 9.20. The molecule has 0 saturated heterocycles. The summed E-state index contributed by atoms with van der Waals surface area (Å²) in [6.07, 6.45) is 2.54. The van der Waals surface area contributed by atoms with E-state index in [4.69, 9.17) is 0 Å². The summed E-state index contributed by atoms with van der Waals surface area (Å²) in [4.78, 5) is 2.32. The van der Waals surface area contributed by atoms with Crippen molar-refractivity contribution in [3.8, 4) is 11.1 Å². The summed E-state index contributed by atoms with van der Waals surface area (Å²) in [7, 11) is 0. The molecule has 0 amide bonds. The summed E-state index contributed by atoms with van der Waals surface area (Å²) in [5, 5.41) is 0. The predicted octanol–water partition coefficient (Wildman–Crippen LogP) is 7.15. The van der Waals surface area contributed by atoms with Crippen LogP contribution < -0.4 is 0 Å². The van der Waals surface area contributed by atoms with Gasteiger partial charge >= 0.3 is 0 Å². The van der Waals surface area contributed by atoms with Crippen molar-refractivity contribution in [3.05, 3.63) is 101 Å². The molecule has 4 rings (SSSR count). The summed E-state index contributed by atoms with van der Waals surface area (Å²) in [5.41, 5.74) is 4.25. The molecule has 3 aromatic carbocycles. The quantitative estimate of drug-likeness (QED) is 0.385. The molecular weight excluding hydrogens is 407 g/mol. The fourth-order valence-electron chi connectivity index (χ4n) is 4.46. The first-order chi connectivity index (χ1) is 15.3. The lowest BCUT2D eigenvalue weighted by Gasteiger charge is -2.35. The summed E-state index contributed by atoms with van der Waals surface area (Å²) >= 11 is 0. The fourth-order valence-corrected chi connectivity index (χ4v) is 4.46. The largest absolute Gasteiger partial charge is 0.298 e. The van der Waals surface area contributed by atoms with Crippen LogP contribution >= 0.6 is 0 Å². The third-order valence-electron chi connectivity index (χ3n) is 6.41. The maximum absolute atomic E-state index is 14.5. The Bertz CT molecular complexity index is 1130. The van der Waals surface area contributed by atoms with E-state index in [0.29, 0.717) is 13.0 Å². The van der Waals surface area contributed by atoms with Crippen LogP contribution in [0.25, 0.3) is 16.7 Å². The maximum Gasteiger partial charge on any atom is 0.164 e. The summed E-state index contributed by atoms with van der Waals surface area (Å²) in [6.45, 7) is 7.97. The molecule has 0 unspecified atom stereocenters. The molecule has 0 N–H and O–H groups in total. The van der Waals surface area contributed by atoms with Crippen molar-refractivity contribution in [2.75, 3.05) is 19.6 Å². The molecule has 0 spiro atoms. The van der Waals surface area contributed by atoms with Crippen LogP contribution in [0.4, 0.5) is 13.2 Å². The van der Waals surface area contributed by atoms with Crippen molar-refractivity contribution in [1.82, 2.24) is 4.90 Å². The fraction of sp³-hybridized carbons (Fsp3) is 0.286. The van der Waals surface area contributed by atoms with Gasteiger partial charge in [0.2, 0.25) is 0 Å². The molecule has 0 aliphatic carbocycles. The number of nitrogens with zero attached hydrogens (tertiary/aromatic N) is 1. The monoisotopic (exact) mass is 435 g/mol. The van der Waals surface area contributed by atoms with E-state index in [1.54, 1.807) is 0 Å². The summed E-state index contributed by atoms with van der Waals surface area (Å²) < 4.78 is 42.0. The Labute approximate surface area is 188 Å². The van der Waals surface area contributed by atoms with E-state index < -0.39 is 17.5 Å². The minimum atomic E-state index is -1.11. The molecule has 166 valence electrons. The maximum atomic E-state index is 14.5. The first-order valence-corrected chi connectivity index (χ1v) is 11.0. The Hall–Kier alpha value is -2.85. The molecule has 1 nitrogen and oxygen atoms in total. The van der Waals surface area contributed by atoms with Crippen molar-refractivity contribution in [1.29, 1.82) is 0 Å². The van der Waals surface area contributed by atoms with Crippen LogP contribution in [0.5, 0.6) is 0 Å². The third kappa shape index (κ3) is 4.51. The number of hydrogen-bond acceptors (Lipinski definition) is 1. The minimum absolute atomic E-state index is 0.0651. The average Bonchev–Trinajstić information content (AvgIpc) is 2.81. The normalized spacial score (nSPS) is 15.0. The smallest absolute Gasteiger partial charge is 0.164 e. The van der Waals surface area contributed by atoms with Gasteiger partial charge in [-0.2, -0.15) is 0 Å². The number of rotatable bonds is 5. The van der Waals surface area contributed by atoms with E-state index in [0.717, 1.165) is 24.7 Å². The van der Waals surface area contributed by atoms with Crippen LogP contribution in [0.1, 0.15) is 37.0 Å². The van der Waals surface area contributed by atoms with Gasteiger partial charge < -0.3 is 0 Å². The highest BCUT2D eigenvalue weighted by atomic mass is 19.2. The van der Waals surface area contributed by atoms with E-state index in [-0.39, 0.29) is 16.5 Å². The Balaban J connectivity index is 1.46. The van der Waals surface area contributed by atoms with Gasteiger partial charge in [-0.05, 0) is 41.7 Å². The van der Waals surface area contributed by atoms with E-state index in [9.17, 15) is 13.2 Å². The Morgan fingerprint density at radius 2 is 1.53 bits per heavy atom. The van der Waals surface area contributed by atoms with E-state index >= 15 is 0 Å². The first-order valence-electron chi connectivity index (χ1n) is 11.0. The van der Waals surface area contributed by atoms with E-state index in [1.165, 1.54) is 23.6 Å². The molecule has 0 saturated carbocycles. The Morgan fingerprint density at radius 3 is 2.16 bits per heavy atom. The summed E-state index contributed by atoms with van der Waals surface area (Å²) in [5.74, 6) is -2.77. The van der Waals surface area contributed by atoms with Gasteiger partial charge in [-0.15, -0.1) is 0 Å². The number of hydrogen-bond donors (Lipinski definition) is 0. The molecule has 0 bridgehead atoms. The minimum Gasteiger partial charge on any atom is -0.298 e. The lowest BCUT2D eigenvalue weighted by molar-refractivity contribution is 0.243. The first kappa shape index (κ1) is 22.3. The van der Waals surface area contributed by atoms with Crippen LogP contribution in [0.15, 0.2) is 66.7 Å². The molecule has 0 radical (unpaired) electrons. The van der Waals surface area contributed by atoms with Crippen LogP contribution in [0.3, 0.4) is 0 Å². The van der Waals surface area contributed by atoms with Crippen LogP contribution in [-0.4, -0.2) is 24.5 Å². The number of benzene rings is 3. The van der Waals surface area contributed by atoms with Gasteiger partial charge in [-0.3, -0.25) is 4.90 Å². The molecule has 0 fully saturated rings. The van der Waals surface area contributed by atoms with Crippen molar-refractivity contribution in [3.63, 3.8) is 0 Å². The number of halogens is 3. The van der Waals surface area contributed by atoms with E-state index in [1.807, 2.05) is 24.3 Å². The molecule has 1 heterocycles.